The van der Waals surface area contributed by atoms with E-state index >= 15 is 0 Å². The van der Waals surface area contributed by atoms with Crippen molar-refractivity contribution in [3.63, 3.8) is 0 Å². The third-order valence-electron chi connectivity index (χ3n) is 4.64. The number of carbonyl (C=O) groups excluding carboxylic acids is 1. The van der Waals surface area contributed by atoms with Crippen LogP contribution in [0.2, 0.25) is 0 Å². The van der Waals surface area contributed by atoms with Gasteiger partial charge in [0.25, 0.3) is 0 Å². The number of carbonyl (C=O) groups is 1. The fourth-order valence-corrected chi connectivity index (χ4v) is 3.46. The molecule has 19 heavy (non-hydrogen) atoms. The molecule has 2 N–H and O–H groups in total. The van der Waals surface area contributed by atoms with Crippen LogP contribution < -0.4 is 5.48 Å². The van der Waals surface area contributed by atoms with Gasteiger partial charge in [0, 0.05) is 24.5 Å². The van der Waals surface area contributed by atoms with Gasteiger partial charge < -0.3 is 4.74 Å². The summed E-state index contributed by atoms with van der Waals surface area (Å²) in [5.41, 5.74) is 1.78. The number of hydrogen-bond donors (Lipinski definition) is 2. The highest BCUT2D eigenvalue weighted by molar-refractivity contribution is 5.77. The second-order valence-corrected chi connectivity index (χ2v) is 6.26. The number of ether oxygens (including phenoxy) is 1. The van der Waals surface area contributed by atoms with Crippen LogP contribution in [0.5, 0.6) is 0 Å². The number of nitrogens with zero attached hydrogens (tertiary/aromatic N) is 1. The summed E-state index contributed by atoms with van der Waals surface area (Å²) in [6, 6.07) is 0.950. The highest BCUT2D eigenvalue weighted by Gasteiger charge is 2.38. The van der Waals surface area contributed by atoms with Crippen molar-refractivity contribution in [2.45, 2.75) is 58.2 Å². The first-order valence-corrected chi connectivity index (χ1v) is 7.34. The number of fused-ring (bicyclic) bond motifs is 1. The Morgan fingerprint density at radius 2 is 2.16 bits per heavy atom. The van der Waals surface area contributed by atoms with Crippen molar-refractivity contribution in [1.29, 1.82) is 0 Å². The Bertz CT molecular complexity index is 322. The normalized spacial score (nSPS) is 36.7. The average molecular weight is 270 g/mol. The maximum Gasteiger partial charge on any atom is 0.246 e. The van der Waals surface area contributed by atoms with Gasteiger partial charge in [-0.3, -0.25) is 14.9 Å². The van der Waals surface area contributed by atoms with E-state index in [9.17, 15) is 4.79 Å². The van der Waals surface area contributed by atoms with Crippen LogP contribution in [-0.2, 0) is 9.53 Å². The molecule has 4 atom stereocenters. The molecule has 0 radical (unpaired) electrons. The number of amides is 1. The van der Waals surface area contributed by atoms with E-state index < -0.39 is 0 Å². The number of nitrogens with one attached hydrogen (secondary N) is 1. The first-order chi connectivity index (χ1) is 9.02. The Balaban J connectivity index is 2.02. The smallest absolute Gasteiger partial charge is 0.246 e. The lowest BCUT2D eigenvalue weighted by Crippen LogP contribution is -2.44. The minimum absolute atomic E-state index is 0.104. The zero-order valence-electron chi connectivity index (χ0n) is 12.1. The minimum atomic E-state index is -0.264. The summed E-state index contributed by atoms with van der Waals surface area (Å²) in [4.78, 5) is 14.0. The Morgan fingerprint density at radius 1 is 1.42 bits per heavy atom. The maximum atomic E-state index is 11.5. The van der Waals surface area contributed by atoms with E-state index in [-0.39, 0.29) is 17.9 Å². The number of hydrogen-bond acceptors (Lipinski definition) is 4. The Hall–Kier alpha value is -0.650. The Morgan fingerprint density at radius 3 is 2.79 bits per heavy atom. The van der Waals surface area contributed by atoms with Gasteiger partial charge in [-0.1, -0.05) is 0 Å². The second kappa shape index (κ2) is 6.20. The molecule has 1 saturated heterocycles. The van der Waals surface area contributed by atoms with Gasteiger partial charge in [-0.25, -0.2) is 5.48 Å². The van der Waals surface area contributed by atoms with Crippen molar-refractivity contribution in [2.75, 3.05) is 13.2 Å². The molecule has 1 aliphatic carbocycles. The van der Waals surface area contributed by atoms with E-state index in [0.29, 0.717) is 18.0 Å². The summed E-state index contributed by atoms with van der Waals surface area (Å²) in [6.07, 6.45) is 2.73. The Kier molecular flexibility index (Phi) is 4.81. The molecule has 1 aliphatic heterocycles. The molecule has 3 unspecified atom stereocenters. The predicted octanol–water partition coefficient (Wildman–Crippen LogP) is 1.41. The van der Waals surface area contributed by atoms with Crippen LogP contribution in [0, 0.1) is 11.8 Å². The fraction of sp³-hybridized carbons (Fsp3) is 0.929. The standard InChI is InChI=1S/C14H26N2O3/c1-9(2)16-7-12-5-4-11(14(17)15-18)6-13(12)19-8-10(16)3/h9-13,18H,4-8H2,1-3H3,(H,15,17)/t10-,11?,12?,13?/m0/s1. The predicted molar refractivity (Wildman–Crippen MR) is 71.8 cm³/mol. The van der Waals surface area contributed by atoms with Crippen molar-refractivity contribution in [2.24, 2.45) is 11.8 Å². The second-order valence-electron chi connectivity index (χ2n) is 6.26. The van der Waals surface area contributed by atoms with E-state index in [1.54, 1.807) is 5.48 Å². The monoisotopic (exact) mass is 270 g/mol. The summed E-state index contributed by atoms with van der Waals surface area (Å²) in [6.45, 7) is 8.43. The van der Waals surface area contributed by atoms with Crippen LogP contribution in [0.3, 0.4) is 0 Å². The topological polar surface area (TPSA) is 61.8 Å². The van der Waals surface area contributed by atoms with E-state index in [1.807, 2.05) is 0 Å². The molecule has 1 heterocycles. The largest absolute Gasteiger partial charge is 0.376 e. The molecule has 2 fully saturated rings. The first-order valence-electron chi connectivity index (χ1n) is 7.34. The number of rotatable bonds is 2. The van der Waals surface area contributed by atoms with E-state index in [0.717, 1.165) is 32.4 Å². The van der Waals surface area contributed by atoms with Crippen LogP contribution in [0.25, 0.3) is 0 Å². The molecular weight excluding hydrogens is 244 g/mol. The molecule has 110 valence electrons. The molecule has 0 aromatic heterocycles. The lowest BCUT2D eigenvalue weighted by molar-refractivity contribution is -0.137. The quantitative estimate of drug-likeness (QED) is 0.588. The molecule has 5 heteroatoms. The lowest BCUT2D eigenvalue weighted by atomic mass is 9.79. The zero-order chi connectivity index (χ0) is 14.0. The van der Waals surface area contributed by atoms with Crippen molar-refractivity contribution in [1.82, 2.24) is 10.4 Å². The first kappa shape index (κ1) is 14.8. The van der Waals surface area contributed by atoms with Crippen molar-refractivity contribution in [3.8, 4) is 0 Å². The third kappa shape index (κ3) is 3.27. The van der Waals surface area contributed by atoms with Gasteiger partial charge >= 0.3 is 0 Å². The maximum absolute atomic E-state index is 11.5. The van der Waals surface area contributed by atoms with Crippen LogP contribution in [0.4, 0.5) is 0 Å². The highest BCUT2D eigenvalue weighted by Crippen LogP contribution is 2.34. The van der Waals surface area contributed by atoms with Crippen LogP contribution in [0.15, 0.2) is 0 Å². The molecule has 5 nitrogen and oxygen atoms in total. The molecule has 0 spiro atoms. The zero-order valence-corrected chi connectivity index (χ0v) is 12.1. The lowest BCUT2D eigenvalue weighted by Gasteiger charge is -2.36. The van der Waals surface area contributed by atoms with Gasteiger partial charge in [0.05, 0.1) is 12.7 Å². The third-order valence-corrected chi connectivity index (χ3v) is 4.64. The van der Waals surface area contributed by atoms with Gasteiger partial charge in [0.15, 0.2) is 0 Å². The van der Waals surface area contributed by atoms with E-state index in [2.05, 4.69) is 25.7 Å². The summed E-state index contributed by atoms with van der Waals surface area (Å²) < 4.78 is 6.02. The van der Waals surface area contributed by atoms with Crippen LogP contribution in [0.1, 0.15) is 40.0 Å². The van der Waals surface area contributed by atoms with Crippen molar-refractivity contribution >= 4 is 5.91 Å². The van der Waals surface area contributed by atoms with E-state index in [1.165, 1.54) is 0 Å². The molecule has 1 amide bonds. The minimum Gasteiger partial charge on any atom is -0.376 e. The summed E-state index contributed by atoms with van der Waals surface area (Å²) in [5, 5.41) is 8.75. The summed E-state index contributed by atoms with van der Waals surface area (Å²) in [5.74, 6) is 0.141. The SMILES string of the molecule is CC(C)N1CC2CCC(C(=O)NO)CC2OC[C@@H]1C. The van der Waals surface area contributed by atoms with Gasteiger partial charge in [-0.2, -0.15) is 0 Å². The van der Waals surface area contributed by atoms with Gasteiger partial charge in [-0.05, 0) is 46.0 Å². The van der Waals surface area contributed by atoms with E-state index in [4.69, 9.17) is 9.94 Å². The molecule has 0 bridgehead atoms. The van der Waals surface area contributed by atoms with Gasteiger partial charge in [-0.15, -0.1) is 0 Å². The van der Waals surface area contributed by atoms with Gasteiger partial charge in [0.1, 0.15) is 0 Å². The molecular formula is C14H26N2O3. The van der Waals surface area contributed by atoms with Crippen LogP contribution >= 0.6 is 0 Å². The van der Waals surface area contributed by atoms with Crippen molar-refractivity contribution in [3.05, 3.63) is 0 Å². The average Bonchev–Trinajstić information content (AvgIpc) is 2.57. The highest BCUT2D eigenvalue weighted by atomic mass is 16.5. The molecule has 2 aliphatic rings. The van der Waals surface area contributed by atoms with Crippen LogP contribution in [-0.4, -0.2) is 47.4 Å². The number of hydroxylamine groups is 1. The molecule has 0 aromatic rings. The Labute approximate surface area is 115 Å². The van der Waals surface area contributed by atoms with Crippen molar-refractivity contribution < 1.29 is 14.7 Å². The van der Waals surface area contributed by atoms with Gasteiger partial charge in [0.2, 0.25) is 5.91 Å². The summed E-state index contributed by atoms with van der Waals surface area (Å²) >= 11 is 0. The molecule has 2 rings (SSSR count). The summed E-state index contributed by atoms with van der Waals surface area (Å²) in [7, 11) is 0. The fourth-order valence-electron chi connectivity index (χ4n) is 3.46. The molecule has 0 aromatic carbocycles. The molecule has 1 saturated carbocycles.